The lowest BCUT2D eigenvalue weighted by atomic mass is 10.1. The van der Waals surface area contributed by atoms with Crippen LogP contribution in [0, 0.1) is 5.82 Å². The topological polar surface area (TPSA) is 32.7 Å². The van der Waals surface area contributed by atoms with Crippen molar-refractivity contribution in [3.05, 3.63) is 53.8 Å². The van der Waals surface area contributed by atoms with Crippen LogP contribution in [0.3, 0.4) is 0 Å². The van der Waals surface area contributed by atoms with Crippen molar-refractivity contribution >= 4 is 5.69 Å². The molecule has 0 aliphatic heterocycles. The molecule has 0 amide bonds. The van der Waals surface area contributed by atoms with Crippen LogP contribution in [0.15, 0.2) is 42.5 Å². The van der Waals surface area contributed by atoms with Gasteiger partial charge in [-0.2, -0.15) is 0 Å². The summed E-state index contributed by atoms with van der Waals surface area (Å²) in [5.41, 5.74) is 1.24. The van der Waals surface area contributed by atoms with Gasteiger partial charge in [0.05, 0.1) is 12.3 Å². The molecular formula is C17H20FNO2. The molecule has 21 heavy (non-hydrogen) atoms. The monoisotopic (exact) mass is 289 g/mol. The van der Waals surface area contributed by atoms with Gasteiger partial charge in [-0.15, -0.1) is 0 Å². The van der Waals surface area contributed by atoms with Gasteiger partial charge < -0.3 is 14.7 Å². The number of anilines is 1. The third-order valence-electron chi connectivity index (χ3n) is 3.32. The molecule has 4 heteroatoms. The van der Waals surface area contributed by atoms with Gasteiger partial charge in [-0.25, -0.2) is 4.39 Å². The molecular weight excluding hydrogens is 269 g/mol. The van der Waals surface area contributed by atoms with E-state index >= 15 is 0 Å². The summed E-state index contributed by atoms with van der Waals surface area (Å²) in [5, 5.41) is 10.2. The van der Waals surface area contributed by atoms with Crippen LogP contribution in [-0.2, 0) is 6.54 Å². The van der Waals surface area contributed by atoms with Gasteiger partial charge in [0, 0.05) is 18.7 Å². The molecule has 0 radical (unpaired) electrons. The molecule has 0 fully saturated rings. The van der Waals surface area contributed by atoms with Crippen LogP contribution in [0.4, 0.5) is 10.1 Å². The highest BCUT2D eigenvalue weighted by Gasteiger charge is 2.14. The van der Waals surface area contributed by atoms with Crippen molar-refractivity contribution in [1.29, 1.82) is 0 Å². The minimum Gasteiger partial charge on any atom is -0.504 e. The Balaban J connectivity index is 2.27. The summed E-state index contributed by atoms with van der Waals surface area (Å²) in [6, 6.07) is 12.0. The Bertz CT molecular complexity index is 601. The number of rotatable bonds is 6. The Morgan fingerprint density at radius 2 is 1.86 bits per heavy atom. The van der Waals surface area contributed by atoms with Crippen molar-refractivity contribution in [3.63, 3.8) is 0 Å². The molecule has 0 saturated carbocycles. The maximum Gasteiger partial charge on any atom is 0.162 e. The zero-order valence-corrected chi connectivity index (χ0v) is 12.3. The van der Waals surface area contributed by atoms with Crippen LogP contribution in [-0.4, -0.2) is 18.3 Å². The summed E-state index contributed by atoms with van der Waals surface area (Å²) in [4.78, 5) is 1.88. The number of nitrogens with zero attached hydrogens (tertiary/aromatic N) is 1. The van der Waals surface area contributed by atoms with Gasteiger partial charge in [-0.05, 0) is 32.0 Å². The Labute approximate surface area is 124 Å². The first-order valence-corrected chi connectivity index (χ1v) is 7.10. The van der Waals surface area contributed by atoms with Crippen LogP contribution in [0.5, 0.6) is 11.5 Å². The van der Waals surface area contributed by atoms with Crippen LogP contribution in [0.25, 0.3) is 0 Å². The molecule has 2 aromatic rings. The number of phenols is 1. The fraction of sp³-hybridized carbons (Fsp3) is 0.294. The van der Waals surface area contributed by atoms with E-state index in [0.717, 1.165) is 0 Å². The number of benzene rings is 2. The summed E-state index contributed by atoms with van der Waals surface area (Å²) in [7, 11) is 0. The lowest BCUT2D eigenvalue weighted by Crippen LogP contribution is -2.23. The van der Waals surface area contributed by atoms with E-state index in [9.17, 15) is 9.50 Å². The minimum absolute atomic E-state index is 0.120. The first kappa shape index (κ1) is 15.2. The number of aromatic hydroxyl groups is 1. The number of para-hydroxylation sites is 2. The highest BCUT2D eigenvalue weighted by molar-refractivity contribution is 5.51. The largest absolute Gasteiger partial charge is 0.504 e. The lowest BCUT2D eigenvalue weighted by molar-refractivity contribution is 0.316. The van der Waals surface area contributed by atoms with Gasteiger partial charge >= 0.3 is 0 Å². The standard InChI is InChI=1S/C17H20FNO2/c1-3-19(15-10-6-5-9-14(15)18)12-13-8-7-11-16(17(13)20)21-4-2/h5-11,20H,3-4,12H2,1-2H3. The first-order chi connectivity index (χ1) is 10.2. The molecule has 0 bridgehead atoms. The normalized spacial score (nSPS) is 10.4. The molecule has 2 aromatic carbocycles. The molecule has 0 aliphatic carbocycles. The Hall–Kier alpha value is -2.23. The van der Waals surface area contributed by atoms with Crippen molar-refractivity contribution in [2.75, 3.05) is 18.1 Å². The van der Waals surface area contributed by atoms with Gasteiger partial charge in [-0.3, -0.25) is 0 Å². The van der Waals surface area contributed by atoms with Crippen molar-refractivity contribution in [2.24, 2.45) is 0 Å². The van der Waals surface area contributed by atoms with E-state index in [4.69, 9.17) is 4.74 Å². The maximum absolute atomic E-state index is 13.9. The molecule has 112 valence electrons. The molecule has 0 aromatic heterocycles. The first-order valence-electron chi connectivity index (χ1n) is 7.10. The number of ether oxygens (including phenoxy) is 1. The van der Waals surface area contributed by atoms with E-state index in [1.807, 2.05) is 30.9 Å². The van der Waals surface area contributed by atoms with Gasteiger partial charge in [-0.1, -0.05) is 24.3 Å². The van der Waals surface area contributed by atoms with Gasteiger partial charge in [0.2, 0.25) is 0 Å². The Morgan fingerprint density at radius 3 is 2.52 bits per heavy atom. The molecule has 2 rings (SSSR count). The zero-order valence-electron chi connectivity index (χ0n) is 12.3. The van der Waals surface area contributed by atoms with Crippen LogP contribution >= 0.6 is 0 Å². The highest BCUT2D eigenvalue weighted by atomic mass is 19.1. The quantitative estimate of drug-likeness (QED) is 0.873. The molecule has 0 unspecified atom stereocenters. The van der Waals surface area contributed by atoms with Gasteiger partial charge in [0.25, 0.3) is 0 Å². The third kappa shape index (κ3) is 3.45. The Kier molecular flexibility index (Phi) is 5.04. The predicted molar refractivity (Wildman–Crippen MR) is 82.4 cm³/mol. The molecule has 0 aliphatic rings. The van der Waals surface area contributed by atoms with Crippen molar-refractivity contribution in [2.45, 2.75) is 20.4 Å². The van der Waals surface area contributed by atoms with Crippen molar-refractivity contribution < 1.29 is 14.2 Å². The van der Waals surface area contributed by atoms with E-state index in [1.165, 1.54) is 6.07 Å². The fourth-order valence-electron chi connectivity index (χ4n) is 2.25. The fourth-order valence-corrected chi connectivity index (χ4v) is 2.25. The minimum atomic E-state index is -0.264. The second-order valence-electron chi connectivity index (χ2n) is 4.66. The molecule has 3 nitrogen and oxygen atoms in total. The van der Waals surface area contributed by atoms with E-state index in [0.29, 0.717) is 36.7 Å². The summed E-state index contributed by atoms with van der Waals surface area (Å²) < 4.78 is 19.3. The third-order valence-corrected chi connectivity index (χ3v) is 3.32. The summed E-state index contributed by atoms with van der Waals surface area (Å²) in [6.07, 6.45) is 0. The zero-order chi connectivity index (χ0) is 15.2. The van der Waals surface area contributed by atoms with E-state index in [-0.39, 0.29) is 11.6 Å². The number of phenolic OH excluding ortho intramolecular Hbond substituents is 1. The smallest absolute Gasteiger partial charge is 0.162 e. The van der Waals surface area contributed by atoms with Gasteiger partial charge in [0.15, 0.2) is 11.5 Å². The SMILES string of the molecule is CCOc1cccc(CN(CC)c2ccccc2F)c1O. The summed E-state index contributed by atoms with van der Waals surface area (Å²) >= 11 is 0. The molecule has 0 heterocycles. The molecule has 0 saturated heterocycles. The summed E-state index contributed by atoms with van der Waals surface area (Å²) in [6.45, 7) is 5.37. The average molecular weight is 289 g/mol. The molecule has 1 N–H and O–H groups in total. The number of halogens is 1. The number of hydrogen-bond acceptors (Lipinski definition) is 3. The van der Waals surface area contributed by atoms with E-state index in [1.54, 1.807) is 24.3 Å². The van der Waals surface area contributed by atoms with E-state index < -0.39 is 0 Å². The highest BCUT2D eigenvalue weighted by Crippen LogP contribution is 2.32. The maximum atomic E-state index is 13.9. The Morgan fingerprint density at radius 1 is 1.10 bits per heavy atom. The lowest BCUT2D eigenvalue weighted by Gasteiger charge is -2.24. The van der Waals surface area contributed by atoms with Gasteiger partial charge in [0.1, 0.15) is 5.82 Å². The summed E-state index contributed by atoms with van der Waals surface area (Å²) in [5.74, 6) is 0.313. The predicted octanol–water partition coefficient (Wildman–Crippen LogP) is 3.96. The molecule has 0 atom stereocenters. The average Bonchev–Trinajstić information content (AvgIpc) is 2.49. The van der Waals surface area contributed by atoms with Crippen LogP contribution in [0.2, 0.25) is 0 Å². The van der Waals surface area contributed by atoms with Crippen LogP contribution < -0.4 is 9.64 Å². The number of hydrogen-bond donors (Lipinski definition) is 1. The van der Waals surface area contributed by atoms with Crippen molar-refractivity contribution in [1.82, 2.24) is 0 Å². The second kappa shape index (κ2) is 6.97. The molecule has 0 spiro atoms. The van der Waals surface area contributed by atoms with Crippen molar-refractivity contribution in [3.8, 4) is 11.5 Å². The van der Waals surface area contributed by atoms with E-state index in [2.05, 4.69) is 0 Å². The van der Waals surface area contributed by atoms with Crippen LogP contribution in [0.1, 0.15) is 19.4 Å². The second-order valence-corrected chi connectivity index (χ2v) is 4.66.